The van der Waals surface area contributed by atoms with Crippen LogP contribution in [0.25, 0.3) is 0 Å². The standard InChI is InChI=1S/C24H26FN5O3S/c1-4-20(23(33)27-17-9-7-8-16(14-17)15(2)31)34-24-29-28-21(30(24)3)12-13-26-22(32)18-10-5-6-11-19(18)25/h5-11,14,20H,4,12-13H2,1-3H3,(H,26,32)(H,27,33)/t20-/m1/s1. The maximum atomic E-state index is 13.7. The molecule has 0 bridgehead atoms. The van der Waals surface area contributed by atoms with Crippen LogP contribution in [0.3, 0.4) is 0 Å². The van der Waals surface area contributed by atoms with Crippen LogP contribution in [0.15, 0.2) is 53.7 Å². The predicted octanol–water partition coefficient (Wildman–Crippen LogP) is 3.64. The summed E-state index contributed by atoms with van der Waals surface area (Å²) in [6.07, 6.45) is 0.953. The van der Waals surface area contributed by atoms with E-state index >= 15 is 0 Å². The average Bonchev–Trinajstić information content (AvgIpc) is 3.16. The molecule has 34 heavy (non-hydrogen) atoms. The second kappa shape index (κ2) is 11.6. The SMILES string of the molecule is CC[C@@H](Sc1nnc(CCNC(=O)c2ccccc2F)n1C)C(=O)Nc1cccc(C(C)=O)c1. The lowest BCUT2D eigenvalue weighted by molar-refractivity contribution is -0.115. The largest absolute Gasteiger partial charge is 0.351 e. The molecule has 3 aromatic rings. The zero-order valence-corrected chi connectivity index (χ0v) is 20.0. The van der Waals surface area contributed by atoms with E-state index in [4.69, 9.17) is 0 Å². The number of rotatable bonds is 10. The van der Waals surface area contributed by atoms with Gasteiger partial charge in [0.1, 0.15) is 11.6 Å². The summed E-state index contributed by atoms with van der Waals surface area (Å²) in [7, 11) is 1.79. The molecule has 1 heterocycles. The number of Topliss-reactive ketones (excluding diaryl/α,β-unsaturated/α-hetero) is 1. The first-order valence-corrected chi connectivity index (χ1v) is 11.7. The van der Waals surface area contributed by atoms with Crippen molar-refractivity contribution in [2.75, 3.05) is 11.9 Å². The molecule has 0 aliphatic rings. The summed E-state index contributed by atoms with van der Waals surface area (Å²) in [5.74, 6) is -0.717. The van der Waals surface area contributed by atoms with Crippen molar-refractivity contribution < 1.29 is 18.8 Å². The van der Waals surface area contributed by atoms with Crippen molar-refractivity contribution in [1.82, 2.24) is 20.1 Å². The van der Waals surface area contributed by atoms with Gasteiger partial charge < -0.3 is 15.2 Å². The predicted molar refractivity (Wildman–Crippen MR) is 128 cm³/mol. The quantitative estimate of drug-likeness (QED) is 0.337. The third-order valence-electron chi connectivity index (χ3n) is 5.13. The van der Waals surface area contributed by atoms with Gasteiger partial charge in [0, 0.05) is 31.3 Å². The molecule has 10 heteroatoms. The van der Waals surface area contributed by atoms with E-state index in [0.29, 0.717) is 35.1 Å². The fraction of sp³-hybridized carbons (Fsp3) is 0.292. The molecule has 2 aromatic carbocycles. The lowest BCUT2D eigenvalue weighted by Crippen LogP contribution is -2.27. The van der Waals surface area contributed by atoms with E-state index < -0.39 is 17.0 Å². The fourth-order valence-electron chi connectivity index (χ4n) is 3.18. The van der Waals surface area contributed by atoms with Crippen molar-refractivity contribution in [2.24, 2.45) is 7.05 Å². The van der Waals surface area contributed by atoms with Crippen LogP contribution in [0.5, 0.6) is 0 Å². The number of amides is 2. The first kappa shape index (κ1) is 25.1. The smallest absolute Gasteiger partial charge is 0.254 e. The lowest BCUT2D eigenvalue weighted by Gasteiger charge is -2.14. The molecule has 1 aromatic heterocycles. The van der Waals surface area contributed by atoms with Crippen molar-refractivity contribution in [3.63, 3.8) is 0 Å². The van der Waals surface area contributed by atoms with Crippen LogP contribution in [-0.2, 0) is 18.3 Å². The summed E-state index contributed by atoms with van der Waals surface area (Å²) in [6, 6.07) is 12.6. The second-order valence-electron chi connectivity index (χ2n) is 7.58. The van der Waals surface area contributed by atoms with E-state index in [-0.39, 0.29) is 23.8 Å². The fourth-order valence-corrected chi connectivity index (χ4v) is 4.12. The minimum atomic E-state index is -0.575. The summed E-state index contributed by atoms with van der Waals surface area (Å²) in [5, 5.41) is 14.0. The molecule has 8 nitrogen and oxygen atoms in total. The number of hydrogen-bond acceptors (Lipinski definition) is 6. The average molecular weight is 484 g/mol. The van der Waals surface area contributed by atoms with Crippen molar-refractivity contribution in [3.8, 4) is 0 Å². The molecule has 0 aliphatic heterocycles. The van der Waals surface area contributed by atoms with Crippen molar-refractivity contribution in [1.29, 1.82) is 0 Å². The van der Waals surface area contributed by atoms with Gasteiger partial charge in [0.15, 0.2) is 10.9 Å². The number of hydrogen-bond donors (Lipinski definition) is 2. The molecular formula is C24H26FN5O3S. The van der Waals surface area contributed by atoms with Crippen molar-refractivity contribution in [2.45, 2.75) is 37.1 Å². The third kappa shape index (κ3) is 6.28. The van der Waals surface area contributed by atoms with Gasteiger partial charge in [-0.1, -0.05) is 43.0 Å². The first-order valence-electron chi connectivity index (χ1n) is 10.8. The highest BCUT2D eigenvalue weighted by atomic mass is 32.2. The molecule has 0 spiro atoms. The van der Waals surface area contributed by atoms with Gasteiger partial charge in [-0.2, -0.15) is 0 Å². The molecule has 0 unspecified atom stereocenters. The van der Waals surface area contributed by atoms with Gasteiger partial charge >= 0.3 is 0 Å². The second-order valence-corrected chi connectivity index (χ2v) is 8.75. The summed E-state index contributed by atoms with van der Waals surface area (Å²) in [4.78, 5) is 36.5. The minimum Gasteiger partial charge on any atom is -0.351 e. The van der Waals surface area contributed by atoms with Crippen molar-refractivity contribution >= 4 is 35.0 Å². The number of thioether (sulfide) groups is 1. The maximum absolute atomic E-state index is 13.7. The Morgan fingerprint density at radius 2 is 1.88 bits per heavy atom. The Kier molecular flexibility index (Phi) is 8.53. The van der Waals surface area contributed by atoms with E-state index in [1.54, 1.807) is 41.9 Å². The van der Waals surface area contributed by atoms with Gasteiger partial charge in [-0.15, -0.1) is 10.2 Å². The molecule has 2 N–H and O–H groups in total. The Bertz CT molecular complexity index is 1200. The monoisotopic (exact) mass is 483 g/mol. The summed E-state index contributed by atoms with van der Waals surface area (Å²) < 4.78 is 15.5. The number of nitrogens with one attached hydrogen (secondary N) is 2. The number of ketones is 1. The Hall–Kier alpha value is -3.53. The molecule has 0 saturated heterocycles. The van der Waals surface area contributed by atoms with Gasteiger partial charge in [-0.3, -0.25) is 14.4 Å². The van der Waals surface area contributed by atoms with Gasteiger partial charge in [0.2, 0.25) is 5.91 Å². The zero-order valence-electron chi connectivity index (χ0n) is 19.2. The number of anilines is 1. The Labute approximate surface area is 201 Å². The highest BCUT2D eigenvalue weighted by molar-refractivity contribution is 8.00. The topological polar surface area (TPSA) is 106 Å². The number of benzene rings is 2. The number of aromatic nitrogens is 3. The van der Waals surface area contributed by atoms with Crippen LogP contribution in [0, 0.1) is 5.82 Å². The Morgan fingerprint density at radius 1 is 1.12 bits per heavy atom. The molecular weight excluding hydrogens is 457 g/mol. The van der Waals surface area contributed by atoms with Crippen LogP contribution in [0.2, 0.25) is 0 Å². The van der Waals surface area contributed by atoms with E-state index in [1.165, 1.54) is 36.9 Å². The summed E-state index contributed by atoms with van der Waals surface area (Å²) in [5.41, 5.74) is 1.07. The zero-order chi connectivity index (χ0) is 24.7. The minimum absolute atomic E-state index is 0.0117. The molecule has 0 aliphatic carbocycles. The molecule has 0 fully saturated rings. The number of carbonyl (C=O) groups excluding carboxylic acids is 3. The summed E-state index contributed by atoms with van der Waals surface area (Å²) >= 11 is 1.29. The molecule has 0 saturated carbocycles. The van der Waals surface area contributed by atoms with Crippen LogP contribution < -0.4 is 10.6 Å². The molecule has 178 valence electrons. The maximum Gasteiger partial charge on any atom is 0.254 e. The third-order valence-corrected chi connectivity index (χ3v) is 6.52. The van der Waals surface area contributed by atoms with Crippen molar-refractivity contribution in [3.05, 3.63) is 71.3 Å². The summed E-state index contributed by atoms with van der Waals surface area (Å²) in [6.45, 7) is 3.63. The number of carbonyl (C=O) groups is 3. The van der Waals surface area contributed by atoms with Gasteiger partial charge in [-0.05, 0) is 37.6 Å². The Balaban J connectivity index is 1.58. The van der Waals surface area contributed by atoms with Gasteiger partial charge in [-0.25, -0.2) is 4.39 Å². The first-order chi connectivity index (χ1) is 16.3. The normalized spacial score (nSPS) is 11.6. The van der Waals surface area contributed by atoms with E-state index in [1.807, 2.05) is 6.92 Å². The van der Waals surface area contributed by atoms with E-state index in [0.717, 1.165) is 0 Å². The molecule has 3 rings (SSSR count). The Morgan fingerprint density at radius 3 is 2.59 bits per heavy atom. The van der Waals surface area contributed by atoms with Crippen LogP contribution >= 0.6 is 11.8 Å². The molecule has 1 atom stereocenters. The van der Waals surface area contributed by atoms with Gasteiger partial charge in [0.05, 0.1) is 10.8 Å². The van der Waals surface area contributed by atoms with Crippen LogP contribution in [-0.4, -0.2) is 44.2 Å². The highest BCUT2D eigenvalue weighted by Gasteiger charge is 2.22. The highest BCUT2D eigenvalue weighted by Crippen LogP contribution is 2.25. The number of nitrogens with zero attached hydrogens (tertiary/aromatic N) is 3. The van der Waals surface area contributed by atoms with E-state index in [2.05, 4.69) is 20.8 Å². The van der Waals surface area contributed by atoms with Crippen LogP contribution in [0.4, 0.5) is 10.1 Å². The molecule has 0 radical (unpaired) electrons. The van der Waals surface area contributed by atoms with E-state index in [9.17, 15) is 18.8 Å². The molecule has 2 amide bonds. The van der Waals surface area contributed by atoms with Crippen LogP contribution in [0.1, 0.15) is 46.8 Å². The van der Waals surface area contributed by atoms with Gasteiger partial charge in [0.25, 0.3) is 5.91 Å². The lowest BCUT2D eigenvalue weighted by atomic mass is 10.1. The number of halogens is 1.